The lowest BCUT2D eigenvalue weighted by atomic mass is 9.97. The van der Waals surface area contributed by atoms with Gasteiger partial charge in [-0.1, -0.05) is 12.1 Å². The predicted molar refractivity (Wildman–Crippen MR) is 105 cm³/mol. The van der Waals surface area contributed by atoms with Gasteiger partial charge in [-0.15, -0.1) is 0 Å². The van der Waals surface area contributed by atoms with Gasteiger partial charge in [0.1, 0.15) is 12.4 Å². The van der Waals surface area contributed by atoms with E-state index in [2.05, 4.69) is 14.5 Å². The number of nitrogens with zero attached hydrogens (tertiary/aromatic N) is 5. The molecule has 4 rings (SSSR count). The van der Waals surface area contributed by atoms with Crippen LogP contribution in [-0.4, -0.2) is 43.0 Å². The zero-order chi connectivity index (χ0) is 19.3. The summed E-state index contributed by atoms with van der Waals surface area (Å²) in [7, 11) is 0. The van der Waals surface area contributed by atoms with Gasteiger partial charge >= 0.3 is 0 Å². The Morgan fingerprint density at radius 1 is 1.04 bits per heavy atom. The largest absolute Gasteiger partial charge is 0.340 e. The van der Waals surface area contributed by atoms with Crippen LogP contribution < -0.4 is 5.56 Å². The van der Waals surface area contributed by atoms with Gasteiger partial charge in [0, 0.05) is 49.9 Å². The van der Waals surface area contributed by atoms with Gasteiger partial charge in [-0.2, -0.15) is 0 Å². The molecule has 3 aromatic heterocycles. The van der Waals surface area contributed by atoms with Gasteiger partial charge < -0.3 is 14.0 Å². The van der Waals surface area contributed by atoms with Crippen LogP contribution in [-0.2, 0) is 17.9 Å². The van der Waals surface area contributed by atoms with Crippen molar-refractivity contribution in [3.63, 3.8) is 0 Å². The van der Waals surface area contributed by atoms with E-state index in [1.54, 1.807) is 24.5 Å². The van der Waals surface area contributed by atoms with Crippen molar-refractivity contribution >= 4 is 5.91 Å². The molecule has 0 saturated carbocycles. The van der Waals surface area contributed by atoms with Gasteiger partial charge in [0.15, 0.2) is 0 Å². The summed E-state index contributed by atoms with van der Waals surface area (Å²) in [6, 6.07) is 10.8. The molecule has 144 valence electrons. The summed E-state index contributed by atoms with van der Waals surface area (Å²) in [6.45, 7) is 2.09. The third-order valence-electron chi connectivity index (χ3n) is 5.15. The summed E-state index contributed by atoms with van der Waals surface area (Å²) in [6.07, 6.45) is 9.14. The minimum atomic E-state index is -0.157. The van der Waals surface area contributed by atoms with Crippen molar-refractivity contribution in [2.45, 2.75) is 31.8 Å². The normalized spacial score (nSPS) is 16.9. The predicted octanol–water partition coefficient (Wildman–Crippen LogP) is 1.89. The van der Waals surface area contributed by atoms with Crippen LogP contribution in [0.1, 0.15) is 30.3 Å². The Morgan fingerprint density at radius 2 is 1.93 bits per heavy atom. The minimum Gasteiger partial charge on any atom is -0.340 e. The monoisotopic (exact) mass is 377 g/mol. The molecule has 7 nitrogen and oxygen atoms in total. The first kappa shape index (κ1) is 18.2. The highest BCUT2D eigenvalue weighted by Gasteiger charge is 2.27. The molecule has 0 aromatic carbocycles. The molecule has 1 amide bonds. The fourth-order valence-corrected chi connectivity index (χ4v) is 3.73. The Labute approximate surface area is 163 Å². The lowest BCUT2D eigenvalue weighted by molar-refractivity contribution is -0.133. The van der Waals surface area contributed by atoms with E-state index < -0.39 is 0 Å². The average Bonchev–Trinajstić information content (AvgIpc) is 3.19. The number of hydrogen-bond donors (Lipinski definition) is 0. The summed E-state index contributed by atoms with van der Waals surface area (Å²) in [5.41, 5.74) is 0.823. The zero-order valence-electron chi connectivity index (χ0n) is 15.6. The SMILES string of the molecule is O=C(Cn1ccccc1=O)N1CCC[C@H](c2nccn2Cc2ccccn2)C1. The van der Waals surface area contributed by atoms with Crippen molar-refractivity contribution in [1.29, 1.82) is 0 Å². The van der Waals surface area contributed by atoms with Crippen LogP contribution in [0.5, 0.6) is 0 Å². The van der Waals surface area contributed by atoms with Gasteiger partial charge in [0.25, 0.3) is 5.56 Å². The van der Waals surface area contributed by atoms with E-state index in [9.17, 15) is 9.59 Å². The third-order valence-corrected chi connectivity index (χ3v) is 5.15. The average molecular weight is 377 g/mol. The lowest BCUT2D eigenvalue weighted by Gasteiger charge is -2.33. The molecular formula is C21H23N5O2. The molecule has 1 saturated heterocycles. The molecule has 7 heteroatoms. The van der Waals surface area contributed by atoms with Gasteiger partial charge in [-0.25, -0.2) is 4.98 Å². The van der Waals surface area contributed by atoms with Gasteiger partial charge in [-0.3, -0.25) is 14.6 Å². The van der Waals surface area contributed by atoms with E-state index in [0.29, 0.717) is 13.1 Å². The Balaban J connectivity index is 1.46. The number of likely N-dealkylation sites (tertiary alicyclic amines) is 1. The summed E-state index contributed by atoms with van der Waals surface area (Å²) in [5.74, 6) is 1.14. The number of amides is 1. The number of hydrogen-bond acceptors (Lipinski definition) is 4. The van der Waals surface area contributed by atoms with Crippen molar-refractivity contribution in [2.24, 2.45) is 0 Å². The molecule has 0 bridgehead atoms. The second kappa shape index (κ2) is 8.21. The van der Waals surface area contributed by atoms with E-state index in [1.165, 1.54) is 10.6 Å². The summed E-state index contributed by atoms with van der Waals surface area (Å²) in [4.78, 5) is 35.4. The molecule has 1 aliphatic heterocycles. The fourth-order valence-electron chi connectivity index (χ4n) is 3.73. The molecule has 1 atom stereocenters. The molecule has 3 aromatic rings. The molecule has 1 fully saturated rings. The van der Waals surface area contributed by atoms with Crippen molar-refractivity contribution in [2.75, 3.05) is 13.1 Å². The van der Waals surface area contributed by atoms with Crippen LogP contribution in [0.15, 0.2) is 66.0 Å². The number of aromatic nitrogens is 4. The standard InChI is InChI=1S/C21H23N5O2/c27-19-8-2-4-11-25(19)16-20(28)24-12-5-6-17(14-24)21-23-10-13-26(21)15-18-7-1-3-9-22-18/h1-4,7-11,13,17H,5-6,12,14-16H2/t17-/m0/s1. The van der Waals surface area contributed by atoms with Gasteiger partial charge in [0.05, 0.1) is 12.2 Å². The van der Waals surface area contributed by atoms with Crippen LogP contribution in [0, 0.1) is 0 Å². The zero-order valence-corrected chi connectivity index (χ0v) is 15.6. The molecule has 0 spiro atoms. The molecule has 0 radical (unpaired) electrons. The quantitative estimate of drug-likeness (QED) is 0.681. The fraction of sp³-hybridized carbons (Fsp3) is 0.333. The second-order valence-electron chi connectivity index (χ2n) is 7.08. The topological polar surface area (TPSA) is 73.0 Å². The number of piperidine rings is 1. The van der Waals surface area contributed by atoms with Gasteiger partial charge in [-0.05, 0) is 31.0 Å². The third kappa shape index (κ3) is 4.03. The molecule has 0 N–H and O–H groups in total. The van der Waals surface area contributed by atoms with E-state index in [1.807, 2.05) is 35.5 Å². The number of pyridine rings is 2. The Morgan fingerprint density at radius 3 is 2.75 bits per heavy atom. The number of imidazole rings is 1. The first-order valence-electron chi connectivity index (χ1n) is 9.55. The number of carbonyl (C=O) groups excluding carboxylic acids is 1. The van der Waals surface area contributed by atoms with Crippen molar-refractivity contribution < 1.29 is 4.79 Å². The minimum absolute atomic E-state index is 0.0270. The number of rotatable bonds is 5. The molecule has 28 heavy (non-hydrogen) atoms. The molecule has 4 heterocycles. The molecule has 0 aliphatic carbocycles. The van der Waals surface area contributed by atoms with E-state index in [-0.39, 0.29) is 23.9 Å². The maximum absolute atomic E-state index is 12.7. The van der Waals surface area contributed by atoms with Crippen LogP contribution in [0.3, 0.4) is 0 Å². The Bertz CT molecular complexity index is 995. The van der Waals surface area contributed by atoms with Crippen LogP contribution >= 0.6 is 0 Å². The van der Waals surface area contributed by atoms with E-state index in [0.717, 1.165) is 30.9 Å². The molecular weight excluding hydrogens is 354 g/mol. The maximum Gasteiger partial charge on any atom is 0.250 e. The lowest BCUT2D eigenvalue weighted by Crippen LogP contribution is -2.42. The van der Waals surface area contributed by atoms with Crippen molar-refractivity contribution in [3.05, 3.63) is 83.1 Å². The van der Waals surface area contributed by atoms with E-state index in [4.69, 9.17) is 0 Å². The Hall–Kier alpha value is -3.22. The molecule has 0 unspecified atom stereocenters. The van der Waals surface area contributed by atoms with Crippen molar-refractivity contribution in [1.82, 2.24) is 24.0 Å². The highest BCUT2D eigenvalue weighted by atomic mass is 16.2. The first-order valence-corrected chi connectivity index (χ1v) is 9.55. The highest BCUT2D eigenvalue weighted by molar-refractivity contribution is 5.76. The van der Waals surface area contributed by atoms with E-state index >= 15 is 0 Å². The van der Waals surface area contributed by atoms with Crippen LogP contribution in [0.4, 0.5) is 0 Å². The number of carbonyl (C=O) groups is 1. The van der Waals surface area contributed by atoms with Gasteiger partial charge in [0.2, 0.25) is 5.91 Å². The highest BCUT2D eigenvalue weighted by Crippen LogP contribution is 2.26. The van der Waals surface area contributed by atoms with Crippen LogP contribution in [0.25, 0.3) is 0 Å². The van der Waals surface area contributed by atoms with Crippen molar-refractivity contribution in [3.8, 4) is 0 Å². The Kier molecular flexibility index (Phi) is 5.32. The first-order chi connectivity index (χ1) is 13.7. The summed E-state index contributed by atoms with van der Waals surface area (Å²) < 4.78 is 3.57. The summed E-state index contributed by atoms with van der Waals surface area (Å²) >= 11 is 0. The second-order valence-corrected chi connectivity index (χ2v) is 7.08. The smallest absolute Gasteiger partial charge is 0.250 e. The summed E-state index contributed by atoms with van der Waals surface area (Å²) in [5, 5.41) is 0. The van der Waals surface area contributed by atoms with Crippen LogP contribution in [0.2, 0.25) is 0 Å². The maximum atomic E-state index is 12.7. The molecule has 1 aliphatic rings.